The number of nitrogens with zero attached hydrogens (tertiary/aromatic N) is 3. The molecule has 18 heavy (non-hydrogen) atoms. The van der Waals surface area contributed by atoms with Crippen molar-refractivity contribution in [1.82, 2.24) is 15.0 Å². The van der Waals surface area contributed by atoms with Crippen LogP contribution in [0.3, 0.4) is 0 Å². The molecule has 1 saturated carbocycles. The first-order valence-electron chi connectivity index (χ1n) is 6.16. The summed E-state index contributed by atoms with van der Waals surface area (Å²) in [5, 5.41) is 12.8. The van der Waals surface area contributed by atoms with Gasteiger partial charge in [0.15, 0.2) is 0 Å². The molecule has 1 fully saturated rings. The third-order valence-electron chi connectivity index (χ3n) is 2.89. The topological polar surface area (TPSA) is 80.2 Å². The smallest absolute Gasteiger partial charge is 0.322 e. The third-order valence-corrected chi connectivity index (χ3v) is 3.06. The van der Waals surface area contributed by atoms with Crippen molar-refractivity contribution in [1.29, 1.82) is 0 Å². The number of aliphatic hydroxyl groups is 1. The molecule has 2 rings (SSSR count). The molecule has 0 amide bonds. The molecule has 1 aliphatic carbocycles. The Morgan fingerprint density at radius 2 is 2.00 bits per heavy atom. The monoisotopic (exact) mass is 272 g/mol. The molecule has 0 bridgehead atoms. The lowest BCUT2D eigenvalue weighted by molar-refractivity contribution is 0.126. The number of rotatable bonds is 4. The highest BCUT2D eigenvalue weighted by Gasteiger charge is 2.20. The van der Waals surface area contributed by atoms with Crippen LogP contribution in [0.4, 0.5) is 5.95 Å². The molecule has 1 aromatic heterocycles. The molecule has 1 aliphatic rings. The molecule has 6 nitrogen and oxygen atoms in total. The SMILES string of the molecule is CCOc1nc(Cl)nc(NC2CCC(O)CC2)n1. The Kier molecular flexibility index (Phi) is 4.54. The Labute approximate surface area is 111 Å². The quantitative estimate of drug-likeness (QED) is 0.867. The summed E-state index contributed by atoms with van der Waals surface area (Å²) in [5.74, 6) is 0.430. The van der Waals surface area contributed by atoms with E-state index in [9.17, 15) is 5.11 Å². The van der Waals surface area contributed by atoms with Gasteiger partial charge in [0.2, 0.25) is 11.2 Å². The fraction of sp³-hybridized carbons (Fsp3) is 0.727. The molecular formula is C11H17ClN4O2. The number of nitrogens with one attached hydrogen (secondary N) is 1. The van der Waals surface area contributed by atoms with E-state index in [1.54, 1.807) is 0 Å². The number of ether oxygens (including phenoxy) is 1. The Hall–Kier alpha value is -1.14. The molecule has 0 atom stereocenters. The lowest BCUT2D eigenvalue weighted by Crippen LogP contribution is -2.29. The Morgan fingerprint density at radius 1 is 1.28 bits per heavy atom. The molecular weight excluding hydrogens is 256 g/mol. The maximum atomic E-state index is 9.44. The molecule has 0 saturated heterocycles. The molecule has 2 N–H and O–H groups in total. The summed E-state index contributed by atoms with van der Waals surface area (Å²) in [6.45, 7) is 2.34. The zero-order chi connectivity index (χ0) is 13.0. The van der Waals surface area contributed by atoms with Crippen LogP contribution < -0.4 is 10.1 Å². The number of anilines is 1. The molecule has 0 radical (unpaired) electrons. The minimum absolute atomic E-state index is 0.117. The molecule has 0 aromatic carbocycles. The van der Waals surface area contributed by atoms with Crippen molar-refractivity contribution in [3.8, 4) is 6.01 Å². The number of hydrogen-bond acceptors (Lipinski definition) is 6. The Balaban J connectivity index is 2.00. The first-order chi connectivity index (χ1) is 8.67. The summed E-state index contributed by atoms with van der Waals surface area (Å²) < 4.78 is 5.21. The van der Waals surface area contributed by atoms with Gasteiger partial charge in [-0.15, -0.1) is 0 Å². The van der Waals surface area contributed by atoms with Crippen LogP contribution in [0.2, 0.25) is 5.28 Å². The van der Waals surface area contributed by atoms with E-state index in [1.807, 2.05) is 6.92 Å². The molecule has 0 unspecified atom stereocenters. The van der Waals surface area contributed by atoms with E-state index in [0.29, 0.717) is 12.6 Å². The molecule has 100 valence electrons. The van der Waals surface area contributed by atoms with E-state index in [-0.39, 0.29) is 23.4 Å². The van der Waals surface area contributed by atoms with Crippen LogP contribution in [0.25, 0.3) is 0 Å². The minimum Gasteiger partial charge on any atom is -0.464 e. The van der Waals surface area contributed by atoms with Crippen molar-refractivity contribution in [2.24, 2.45) is 0 Å². The van der Waals surface area contributed by atoms with Crippen LogP contribution in [0.5, 0.6) is 6.01 Å². The largest absolute Gasteiger partial charge is 0.464 e. The van der Waals surface area contributed by atoms with Gasteiger partial charge < -0.3 is 15.2 Å². The van der Waals surface area contributed by atoms with Crippen LogP contribution in [-0.4, -0.2) is 38.8 Å². The second-order valence-corrected chi connectivity index (χ2v) is 4.63. The molecule has 1 aromatic rings. The van der Waals surface area contributed by atoms with Gasteiger partial charge in [0, 0.05) is 6.04 Å². The average molecular weight is 273 g/mol. The second-order valence-electron chi connectivity index (χ2n) is 4.29. The predicted octanol–water partition coefficient (Wildman–Crippen LogP) is 1.64. The fourth-order valence-corrected chi connectivity index (χ4v) is 2.15. The van der Waals surface area contributed by atoms with Crippen LogP contribution in [0.15, 0.2) is 0 Å². The predicted molar refractivity (Wildman–Crippen MR) is 67.9 cm³/mol. The number of hydrogen-bond donors (Lipinski definition) is 2. The van der Waals surface area contributed by atoms with Gasteiger partial charge in [0.25, 0.3) is 0 Å². The lowest BCUT2D eigenvalue weighted by Gasteiger charge is -2.26. The van der Waals surface area contributed by atoms with Gasteiger partial charge >= 0.3 is 6.01 Å². The van der Waals surface area contributed by atoms with Crippen molar-refractivity contribution in [3.63, 3.8) is 0 Å². The van der Waals surface area contributed by atoms with E-state index >= 15 is 0 Å². The van der Waals surface area contributed by atoms with Gasteiger partial charge in [0.1, 0.15) is 0 Å². The van der Waals surface area contributed by atoms with E-state index in [0.717, 1.165) is 25.7 Å². The Morgan fingerprint density at radius 3 is 2.67 bits per heavy atom. The van der Waals surface area contributed by atoms with Crippen LogP contribution >= 0.6 is 11.6 Å². The number of aliphatic hydroxyl groups excluding tert-OH is 1. The molecule has 0 spiro atoms. The first kappa shape index (κ1) is 13.3. The summed E-state index contributed by atoms with van der Waals surface area (Å²) in [4.78, 5) is 12.0. The molecule has 0 aliphatic heterocycles. The summed E-state index contributed by atoms with van der Waals surface area (Å²) in [6.07, 6.45) is 3.22. The van der Waals surface area contributed by atoms with Gasteiger partial charge in [-0.3, -0.25) is 0 Å². The van der Waals surface area contributed by atoms with E-state index in [2.05, 4.69) is 20.3 Å². The average Bonchev–Trinajstić information content (AvgIpc) is 2.32. The summed E-state index contributed by atoms with van der Waals surface area (Å²) in [5.41, 5.74) is 0. The molecule has 1 heterocycles. The summed E-state index contributed by atoms with van der Waals surface area (Å²) in [6, 6.07) is 0.497. The molecule has 7 heteroatoms. The van der Waals surface area contributed by atoms with Crippen LogP contribution in [-0.2, 0) is 0 Å². The van der Waals surface area contributed by atoms with E-state index in [1.165, 1.54) is 0 Å². The van der Waals surface area contributed by atoms with Crippen molar-refractivity contribution < 1.29 is 9.84 Å². The van der Waals surface area contributed by atoms with Crippen molar-refractivity contribution in [2.45, 2.75) is 44.8 Å². The first-order valence-corrected chi connectivity index (χ1v) is 6.54. The highest BCUT2D eigenvalue weighted by Crippen LogP contribution is 2.21. The zero-order valence-corrected chi connectivity index (χ0v) is 11.0. The Bertz CT molecular complexity index is 397. The normalized spacial score (nSPS) is 23.7. The van der Waals surface area contributed by atoms with Crippen molar-refractivity contribution in [2.75, 3.05) is 11.9 Å². The minimum atomic E-state index is -0.177. The van der Waals surface area contributed by atoms with Crippen molar-refractivity contribution in [3.05, 3.63) is 5.28 Å². The van der Waals surface area contributed by atoms with E-state index < -0.39 is 0 Å². The fourth-order valence-electron chi connectivity index (χ4n) is 1.99. The van der Waals surface area contributed by atoms with Gasteiger partial charge in [-0.25, -0.2) is 0 Å². The highest BCUT2D eigenvalue weighted by atomic mass is 35.5. The standard InChI is InChI=1S/C11H17ClN4O2/c1-2-18-11-15-9(12)14-10(16-11)13-7-3-5-8(17)6-4-7/h7-8,17H,2-6H2,1H3,(H,13,14,15,16). The maximum absolute atomic E-state index is 9.44. The van der Waals surface area contributed by atoms with Gasteiger partial charge in [0.05, 0.1) is 12.7 Å². The van der Waals surface area contributed by atoms with Gasteiger partial charge in [-0.05, 0) is 44.2 Å². The van der Waals surface area contributed by atoms with Crippen LogP contribution in [0, 0.1) is 0 Å². The number of halogens is 1. The van der Waals surface area contributed by atoms with Gasteiger partial charge in [-0.2, -0.15) is 15.0 Å². The zero-order valence-electron chi connectivity index (χ0n) is 10.3. The number of aromatic nitrogens is 3. The van der Waals surface area contributed by atoms with Crippen LogP contribution in [0.1, 0.15) is 32.6 Å². The van der Waals surface area contributed by atoms with E-state index in [4.69, 9.17) is 16.3 Å². The third kappa shape index (κ3) is 3.68. The maximum Gasteiger partial charge on any atom is 0.322 e. The second kappa shape index (κ2) is 6.15. The highest BCUT2D eigenvalue weighted by molar-refractivity contribution is 6.28. The lowest BCUT2D eigenvalue weighted by atomic mass is 9.93. The van der Waals surface area contributed by atoms with Gasteiger partial charge in [-0.1, -0.05) is 0 Å². The summed E-state index contributed by atoms with van der Waals surface area (Å²) in [7, 11) is 0. The summed E-state index contributed by atoms with van der Waals surface area (Å²) >= 11 is 5.80. The van der Waals surface area contributed by atoms with Crippen molar-refractivity contribution >= 4 is 17.5 Å².